The number of carbonyl (C=O) groups excluding carboxylic acids is 4. The Labute approximate surface area is 249 Å². The van der Waals surface area contributed by atoms with Crippen molar-refractivity contribution in [3.05, 3.63) is 102 Å². The van der Waals surface area contributed by atoms with Gasteiger partial charge in [0.15, 0.2) is 0 Å². The number of phenolic OH excluding ortho intramolecular Hbond substituents is 1. The molecule has 0 radical (unpaired) electrons. The van der Waals surface area contributed by atoms with E-state index in [9.17, 15) is 24.3 Å². The van der Waals surface area contributed by atoms with Crippen LogP contribution in [0, 0.1) is 29.1 Å². The number of hydrogen-bond acceptors (Lipinski definition) is 6. The van der Waals surface area contributed by atoms with Gasteiger partial charge in [0.05, 0.1) is 42.5 Å². The smallest absolute Gasteiger partial charge is 0.241 e. The lowest BCUT2D eigenvalue weighted by Crippen LogP contribution is -2.49. The van der Waals surface area contributed by atoms with Crippen LogP contribution in [0.15, 0.2) is 90.5 Å². The molecule has 0 bridgehead atoms. The van der Waals surface area contributed by atoms with Crippen molar-refractivity contribution in [2.24, 2.45) is 29.1 Å². The molecule has 2 aliphatic carbocycles. The molecule has 3 aromatic rings. The number of allylic oxidation sites excluding steroid dienone is 2. The number of methoxy groups -OCH3 is 1. The van der Waals surface area contributed by atoms with E-state index in [2.05, 4.69) is 0 Å². The van der Waals surface area contributed by atoms with E-state index in [1.165, 1.54) is 23.0 Å². The molecule has 218 valence electrons. The molecule has 1 saturated carbocycles. The van der Waals surface area contributed by atoms with Crippen molar-refractivity contribution >= 4 is 29.3 Å². The number of carbonyl (C=O) groups is 4. The van der Waals surface area contributed by atoms with Gasteiger partial charge in [0, 0.05) is 17.5 Å². The molecule has 6 atom stereocenters. The average Bonchev–Trinajstić information content (AvgIpc) is 3.37. The fraction of sp³-hybridized carbons (Fsp3) is 0.314. The molecule has 3 fully saturated rings. The number of phenols is 1. The summed E-state index contributed by atoms with van der Waals surface area (Å²) in [5, 5.41) is 10.3. The zero-order valence-corrected chi connectivity index (χ0v) is 24.0. The maximum absolute atomic E-state index is 14.5. The summed E-state index contributed by atoms with van der Waals surface area (Å²) in [5.41, 5.74) is 1.73. The van der Waals surface area contributed by atoms with Crippen LogP contribution in [0.4, 0.5) is 5.69 Å². The fourth-order valence-electron chi connectivity index (χ4n) is 8.11. The van der Waals surface area contributed by atoms with Gasteiger partial charge >= 0.3 is 0 Å². The quantitative estimate of drug-likeness (QED) is 0.345. The lowest BCUT2D eigenvalue weighted by molar-refractivity contribution is -0.141. The summed E-state index contributed by atoms with van der Waals surface area (Å²) in [6.07, 6.45) is 2.67. The molecule has 1 N–H and O–H groups in total. The van der Waals surface area contributed by atoms with Gasteiger partial charge in [-0.3, -0.25) is 24.1 Å². The highest BCUT2D eigenvalue weighted by Gasteiger charge is 2.67. The lowest BCUT2D eigenvalue weighted by atomic mass is 9.51. The maximum atomic E-state index is 14.5. The van der Waals surface area contributed by atoms with E-state index in [1.807, 2.05) is 49.4 Å². The number of imide groups is 2. The van der Waals surface area contributed by atoms with Crippen LogP contribution in [0.25, 0.3) is 0 Å². The van der Waals surface area contributed by atoms with Crippen molar-refractivity contribution in [2.75, 3.05) is 12.0 Å². The minimum Gasteiger partial charge on any atom is -0.508 e. The topological polar surface area (TPSA) is 104 Å². The van der Waals surface area contributed by atoms with Gasteiger partial charge in [-0.25, -0.2) is 4.90 Å². The number of nitrogens with zero attached hydrogens (tertiary/aromatic N) is 2. The largest absolute Gasteiger partial charge is 0.508 e. The number of anilines is 1. The number of amides is 4. The van der Waals surface area contributed by atoms with E-state index >= 15 is 0 Å². The van der Waals surface area contributed by atoms with Crippen molar-refractivity contribution in [1.29, 1.82) is 0 Å². The van der Waals surface area contributed by atoms with Crippen LogP contribution in [0.3, 0.4) is 0 Å². The molecular weight excluding hydrogens is 544 g/mol. The predicted molar refractivity (Wildman–Crippen MR) is 158 cm³/mol. The highest BCUT2D eigenvalue weighted by molar-refractivity contribution is 6.24. The minimum absolute atomic E-state index is 0.0141. The molecule has 2 saturated heterocycles. The Bertz CT molecular complexity index is 1680. The van der Waals surface area contributed by atoms with E-state index < -0.39 is 35.0 Å². The van der Waals surface area contributed by atoms with Crippen LogP contribution in [-0.2, 0) is 25.7 Å². The van der Waals surface area contributed by atoms with Gasteiger partial charge in [-0.05, 0) is 49.4 Å². The van der Waals surface area contributed by atoms with Crippen LogP contribution in [0.1, 0.15) is 36.8 Å². The highest BCUT2D eigenvalue weighted by atomic mass is 16.5. The normalized spacial score (nSPS) is 29.7. The Morgan fingerprint density at radius 1 is 0.884 bits per heavy atom. The first kappa shape index (κ1) is 27.1. The third-order valence-electron chi connectivity index (χ3n) is 10.1. The van der Waals surface area contributed by atoms with E-state index in [-0.39, 0.29) is 42.3 Å². The van der Waals surface area contributed by atoms with Crippen molar-refractivity contribution in [3.63, 3.8) is 0 Å². The Hall–Kier alpha value is -4.72. The van der Waals surface area contributed by atoms with Crippen LogP contribution in [-0.4, -0.2) is 40.7 Å². The molecule has 8 nitrogen and oxygen atoms in total. The monoisotopic (exact) mass is 576 g/mol. The zero-order valence-electron chi connectivity index (χ0n) is 24.0. The molecule has 6 unspecified atom stereocenters. The van der Waals surface area contributed by atoms with E-state index in [4.69, 9.17) is 4.74 Å². The number of rotatable bonds is 5. The van der Waals surface area contributed by atoms with Crippen molar-refractivity contribution in [1.82, 2.24) is 4.90 Å². The summed E-state index contributed by atoms with van der Waals surface area (Å²) in [6.45, 7) is 2.04. The van der Waals surface area contributed by atoms with Crippen molar-refractivity contribution in [3.8, 4) is 11.5 Å². The lowest BCUT2D eigenvalue weighted by Gasteiger charge is -2.49. The molecule has 7 rings (SSSR count). The maximum Gasteiger partial charge on any atom is 0.241 e. The minimum atomic E-state index is -1.18. The molecule has 2 aliphatic heterocycles. The predicted octanol–water partition coefficient (Wildman–Crippen LogP) is 4.83. The number of ether oxygens (including phenoxy) is 1. The summed E-state index contributed by atoms with van der Waals surface area (Å²) in [5.74, 6) is -3.52. The molecule has 2 heterocycles. The zero-order chi connectivity index (χ0) is 30.0. The van der Waals surface area contributed by atoms with Gasteiger partial charge in [-0.15, -0.1) is 0 Å². The second kappa shape index (κ2) is 9.93. The Balaban J connectivity index is 1.36. The van der Waals surface area contributed by atoms with Crippen LogP contribution < -0.4 is 9.64 Å². The summed E-state index contributed by atoms with van der Waals surface area (Å²) in [7, 11) is 1.50. The third kappa shape index (κ3) is 3.89. The molecule has 43 heavy (non-hydrogen) atoms. The molecule has 8 heteroatoms. The van der Waals surface area contributed by atoms with Gasteiger partial charge in [-0.1, -0.05) is 66.2 Å². The number of benzene rings is 3. The standard InChI is InChI=1S/C35H32N2O6/c1-35-27(32(40)37(34(35)42)21-11-7-4-8-12-21)18-26-23(30(35)24-14-13-22(38)17-28(24)43-2)15-16-25-29(26)33(41)36(31(25)39)19-20-9-5-3-6-10-20/h3-15,17,25-27,29-30,38H,16,18-19H2,1-2H3. The third-order valence-corrected chi connectivity index (χ3v) is 10.1. The SMILES string of the molecule is COc1cc(O)ccc1C1C2=CCC3C(=O)N(Cc4ccccc4)C(=O)C3C2CC2C(=O)N(c3ccccc3)C(=O)C21C. The number of aromatic hydroxyl groups is 1. The number of hydrogen-bond donors (Lipinski definition) is 1. The first-order valence-electron chi connectivity index (χ1n) is 14.6. The highest BCUT2D eigenvalue weighted by Crippen LogP contribution is 2.64. The fourth-order valence-corrected chi connectivity index (χ4v) is 8.11. The average molecular weight is 577 g/mol. The molecular formula is C35H32N2O6. The summed E-state index contributed by atoms with van der Waals surface area (Å²) in [6, 6.07) is 23.1. The number of para-hydroxylation sites is 1. The number of likely N-dealkylation sites (tertiary alicyclic amines) is 1. The van der Waals surface area contributed by atoms with Gasteiger partial charge < -0.3 is 9.84 Å². The van der Waals surface area contributed by atoms with E-state index in [0.717, 1.165) is 11.1 Å². The van der Waals surface area contributed by atoms with Gasteiger partial charge in [0.1, 0.15) is 11.5 Å². The second-order valence-electron chi connectivity index (χ2n) is 12.2. The Morgan fingerprint density at radius 3 is 2.28 bits per heavy atom. The summed E-state index contributed by atoms with van der Waals surface area (Å²) < 4.78 is 5.71. The second-order valence-corrected chi connectivity index (χ2v) is 12.2. The van der Waals surface area contributed by atoms with E-state index in [0.29, 0.717) is 23.4 Å². The van der Waals surface area contributed by atoms with Gasteiger partial charge in [-0.2, -0.15) is 0 Å². The molecule has 0 aromatic heterocycles. The molecule has 3 aromatic carbocycles. The van der Waals surface area contributed by atoms with E-state index in [1.54, 1.807) is 36.4 Å². The van der Waals surface area contributed by atoms with Crippen LogP contribution in [0.5, 0.6) is 11.5 Å². The first-order valence-corrected chi connectivity index (χ1v) is 14.6. The van der Waals surface area contributed by atoms with Crippen molar-refractivity contribution in [2.45, 2.75) is 32.2 Å². The number of fused-ring (bicyclic) bond motifs is 4. The Kier molecular flexibility index (Phi) is 6.27. The first-order chi connectivity index (χ1) is 20.8. The molecule has 4 amide bonds. The van der Waals surface area contributed by atoms with Crippen LogP contribution >= 0.6 is 0 Å². The summed E-state index contributed by atoms with van der Waals surface area (Å²) in [4.78, 5) is 59.1. The molecule has 4 aliphatic rings. The Morgan fingerprint density at radius 2 is 1.58 bits per heavy atom. The van der Waals surface area contributed by atoms with Gasteiger partial charge in [0.25, 0.3) is 0 Å². The summed E-state index contributed by atoms with van der Waals surface area (Å²) >= 11 is 0. The van der Waals surface area contributed by atoms with Gasteiger partial charge in [0.2, 0.25) is 23.6 Å². The van der Waals surface area contributed by atoms with Crippen LogP contribution in [0.2, 0.25) is 0 Å². The van der Waals surface area contributed by atoms with Crippen molar-refractivity contribution < 1.29 is 29.0 Å². The molecule has 0 spiro atoms.